The monoisotopic (exact) mass is 314 g/mol. The van der Waals surface area contributed by atoms with E-state index in [4.69, 9.17) is 0 Å². The van der Waals surface area contributed by atoms with Crippen LogP contribution >= 0.6 is 12.4 Å². The van der Waals surface area contributed by atoms with Crippen molar-refractivity contribution in [1.29, 1.82) is 0 Å². The lowest BCUT2D eigenvalue weighted by Crippen LogP contribution is -2.34. The number of piperidine rings is 1. The van der Waals surface area contributed by atoms with Gasteiger partial charge in [0.05, 0.1) is 5.69 Å². The summed E-state index contributed by atoms with van der Waals surface area (Å²) in [6.07, 6.45) is 6.25. The topological polar surface area (TPSA) is 33.1 Å². The Kier molecular flexibility index (Phi) is 7.71. The predicted molar refractivity (Wildman–Crippen MR) is 91.1 cm³/mol. The van der Waals surface area contributed by atoms with E-state index in [1.807, 2.05) is 7.05 Å². The Bertz CT molecular complexity index is 408. The summed E-state index contributed by atoms with van der Waals surface area (Å²) < 4.78 is 2.09. The molecule has 5 heteroatoms. The van der Waals surface area contributed by atoms with Crippen LogP contribution in [-0.2, 0) is 6.54 Å². The van der Waals surface area contributed by atoms with Crippen molar-refractivity contribution in [3.05, 3.63) is 17.5 Å². The molecular formula is C16H31ClN4. The largest absolute Gasteiger partial charge is 0.320 e. The Morgan fingerprint density at radius 3 is 2.52 bits per heavy atom. The zero-order valence-corrected chi connectivity index (χ0v) is 14.7. The first kappa shape index (κ1) is 18.5. The van der Waals surface area contributed by atoms with Gasteiger partial charge in [-0.2, -0.15) is 5.10 Å². The SMILES string of the molecule is CNCCC1CCN(Cc2cn(C(C)C)nc2C)CC1.Cl. The number of likely N-dealkylation sites (tertiary alicyclic amines) is 1. The molecule has 122 valence electrons. The van der Waals surface area contributed by atoms with Crippen molar-refractivity contribution >= 4 is 12.4 Å². The first-order valence-corrected chi connectivity index (χ1v) is 8.01. The van der Waals surface area contributed by atoms with Crippen LogP contribution < -0.4 is 5.32 Å². The number of hydrogen-bond acceptors (Lipinski definition) is 3. The highest BCUT2D eigenvalue weighted by Crippen LogP contribution is 2.22. The zero-order valence-electron chi connectivity index (χ0n) is 13.9. The van der Waals surface area contributed by atoms with Gasteiger partial charge in [-0.1, -0.05) is 0 Å². The minimum atomic E-state index is 0. The molecule has 1 aromatic heterocycles. The Hall–Kier alpha value is -0.580. The third-order valence-corrected chi connectivity index (χ3v) is 4.45. The van der Waals surface area contributed by atoms with Gasteiger partial charge in [-0.15, -0.1) is 12.4 Å². The molecule has 0 bridgehead atoms. The van der Waals surface area contributed by atoms with Crippen LogP contribution in [0.25, 0.3) is 0 Å². The van der Waals surface area contributed by atoms with Gasteiger partial charge in [-0.25, -0.2) is 0 Å². The number of nitrogens with one attached hydrogen (secondary N) is 1. The smallest absolute Gasteiger partial charge is 0.0638 e. The molecular weight excluding hydrogens is 284 g/mol. The number of nitrogens with zero attached hydrogens (tertiary/aromatic N) is 3. The Labute approximate surface area is 135 Å². The number of halogens is 1. The summed E-state index contributed by atoms with van der Waals surface area (Å²) in [6, 6.07) is 0.453. The Balaban J connectivity index is 0.00000220. The standard InChI is InChI=1S/C16H30N4.ClH/c1-13(2)20-12-16(14(3)18-20)11-19-9-6-15(7-10-19)5-8-17-4;/h12-13,15,17H,5-11H2,1-4H3;1H. The molecule has 0 saturated carbocycles. The summed E-state index contributed by atoms with van der Waals surface area (Å²) in [6.45, 7) is 11.2. The number of aromatic nitrogens is 2. The van der Waals surface area contributed by atoms with E-state index in [1.54, 1.807) is 0 Å². The van der Waals surface area contributed by atoms with E-state index in [9.17, 15) is 0 Å². The molecule has 1 fully saturated rings. The van der Waals surface area contributed by atoms with Gasteiger partial charge >= 0.3 is 0 Å². The Morgan fingerprint density at radius 2 is 2.00 bits per heavy atom. The minimum Gasteiger partial charge on any atom is -0.320 e. The summed E-state index contributed by atoms with van der Waals surface area (Å²) in [5.74, 6) is 0.915. The third kappa shape index (κ3) is 5.28. The second-order valence-electron chi connectivity index (χ2n) is 6.43. The molecule has 4 nitrogen and oxygen atoms in total. The summed E-state index contributed by atoms with van der Waals surface area (Å²) in [5.41, 5.74) is 2.59. The number of rotatable bonds is 6. The molecule has 1 aliphatic heterocycles. The summed E-state index contributed by atoms with van der Waals surface area (Å²) in [4.78, 5) is 2.59. The van der Waals surface area contributed by atoms with Crippen molar-refractivity contribution < 1.29 is 0 Å². The third-order valence-electron chi connectivity index (χ3n) is 4.45. The van der Waals surface area contributed by atoms with E-state index >= 15 is 0 Å². The molecule has 0 amide bonds. The molecule has 0 spiro atoms. The van der Waals surface area contributed by atoms with E-state index in [0.717, 1.165) is 19.0 Å². The van der Waals surface area contributed by atoms with Crippen molar-refractivity contribution in [3.63, 3.8) is 0 Å². The second kappa shape index (κ2) is 8.76. The van der Waals surface area contributed by atoms with E-state index in [2.05, 4.69) is 47.0 Å². The predicted octanol–water partition coefficient (Wildman–Crippen LogP) is 3.02. The Morgan fingerprint density at radius 1 is 1.33 bits per heavy atom. The van der Waals surface area contributed by atoms with Gasteiger partial charge in [-0.05, 0) is 72.6 Å². The maximum absolute atomic E-state index is 4.61. The highest BCUT2D eigenvalue weighted by molar-refractivity contribution is 5.85. The van der Waals surface area contributed by atoms with E-state index in [0.29, 0.717) is 6.04 Å². The van der Waals surface area contributed by atoms with E-state index in [-0.39, 0.29) is 12.4 Å². The van der Waals surface area contributed by atoms with Crippen molar-refractivity contribution in [2.24, 2.45) is 5.92 Å². The molecule has 1 N–H and O–H groups in total. The van der Waals surface area contributed by atoms with Gasteiger partial charge in [0, 0.05) is 24.3 Å². The molecule has 1 aliphatic rings. The normalized spacial score (nSPS) is 17.2. The van der Waals surface area contributed by atoms with Gasteiger partial charge in [0.25, 0.3) is 0 Å². The van der Waals surface area contributed by atoms with Crippen LogP contribution in [0.2, 0.25) is 0 Å². The molecule has 2 rings (SSSR count). The fourth-order valence-electron chi connectivity index (χ4n) is 2.96. The van der Waals surface area contributed by atoms with Gasteiger partial charge in [0.1, 0.15) is 0 Å². The van der Waals surface area contributed by atoms with Crippen LogP contribution in [0, 0.1) is 12.8 Å². The lowest BCUT2D eigenvalue weighted by molar-refractivity contribution is 0.172. The maximum Gasteiger partial charge on any atom is 0.0638 e. The van der Waals surface area contributed by atoms with Crippen LogP contribution in [0.1, 0.15) is 50.4 Å². The molecule has 1 saturated heterocycles. The first-order chi connectivity index (χ1) is 9.60. The van der Waals surface area contributed by atoms with Crippen LogP contribution in [0.5, 0.6) is 0 Å². The molecule has 0 unspecified atom stereocenters. The van der Waals surface area contributed by atoms with Gasteiger partial charge in [-0.3, -0.25) is 9.58 Å². The van der Waals surface area contributed by atoms with Gasteiger partial charge in [0.2, 0.25) is 0 Å². The lowest BCUT2D eigenvalue weighted by atomic mass is 9.93. The lowest BCUT2D eigenvalue weighted by Gasteiger charge is -2.31. The van der Waals surface area contributed by atoms with Crippen molar-refractivity contribution in [1.82, 2.24) is 20.0 Å². The molecule has 0 aromatic carbocycles. The molecule has 2 heterocycles. The molecule has 0 aliphatic carbocycles. The molecule has 0 radical (unpaired) electrons. The average Bonchev–Trinajstić information content (AvgIpc) is 2.80. The van der Waals surface area contributed by atoms with Crippen molar-refractivity contribution in [2.45, 2.75) is 52.6 Å². The van der Waals surface area contributed by atoms with Crippen molar-refractivity contribution in [3.8, 4) is 0 Å². The van der Waals surface area contributed by atoms with Crippen LogP contribution in [0.3, 0.4) is 0 Å². The van der Waals surface area contributed by atoms with Crippen LogP contribution in [0.4, 0.5) is 0 Å². The summed E-state index contributed by atoms with van der Waals surface area (Å²) in [5, 5.41) is 7.88. The fourth-order valence-corrected chi connectivity index (χ4v) is 2.96. The van der Waals surface area contributed by atoms with Crippen LogP contribution in [0.15, 0.2) is 6.20 Å². The zero-order chi connectivity index (χ0) is 14.5. The summed E-state index contributed by atoms with van der Waals surface area (Å²) in [7, 11) is 2.05. The minimum absolute atomic E-state index is 0. The molecule has 1 aromatic rings. The fraction of sp³-hybridized carbons (Fsp3) is 0.812. The van der Waals surface area contributed by atoms with Gasteiger partial charge in [0.15, 0.2) is 0 Å². The highest BCUT2D eigenvalue weighted by atomic mass is 35.5. The number of hydrogen-bond donors (Lipinski definition) is 1. The van der Waals surface area contributed by atoms with Crippen LogP contribution in [-0.4, -0.2) is 41.4 Å². The number of aryl methyl sites for hydroxylation is 1. The van der Waals surface area contributed by atoms with E-state index in [1.165, 1.54) is 43.6 Å². The second-order valence-corrected chi connectivity index (χ2v) is 6.43. The van der Waals surface area contributed by atoms with E-state index < -0.39 is 0 Å². The molecule has 21 heavy (non-hydrogen) atoms. The quantitative estimate of drug-likeness (QED) is 0.876. The maximum atomic E-state index is 4.61. The summed E-state index contributed by atoms with van der Waals surface area (Å²) >= 11 is 0. The highest BCUT2D eigenvalue weighted by Gasteiger charge is 2.20. The van der Waals surface area contributed by atoms with Gasteiger partial charge < -0.3 is 5.32 Å². The van der Waals surface area contributed by atoms with Crippen molar-refractivity contribution in [2.75, 3.05) is 26.7 Å². The first-order valence-electron chi connectivity index (χ1n) is 8.01. The average molecular weight is 315 g/mol. The molecule has 0 atom stereocenters.